The van der Waals surface area contributed by atoms with Gasteiger partial charge in [0.1, 0.15) is 0 Å². The highest BCUT2D eigenvalue weighted by Gasteiger charge is 2.19. The van der Waals surface area contributed by atoms with Crippen molar-refractivity contribution in [3.63, 3.8) is 0 Å². The second kappa shape index (κ2) is 9.64. The molecule has 1 heterocycles. The lowest BCUT2D eigenvalue weighted by Crippen LogP contribution is -2.30. The van der Waals surface area contributed by atoms with Crippen molar-refractivity contribution in [2.45, 2.75) is 26.8 Å². The monoisotopic (exact) mass is 388 g/mol. The molecule has 5 heteroatoms. The molecular formula is C24H24N2O3. The van der Waals surface area contributed by atoms with Crippen molar-refractivity contribution in [3.05, 3.63) is 95.3 Å². The van der Waals surface area contributed by atoms with Gasteiger partial charge in [-0.05, 0) is 66.9 Å². The topological polar surface area (TPSA) is 59.5 Å². The van der Waals surface area contributed by atoms with Crippen molar-refractivity contribution in [2.24, 2.45) is 0 Å². The molecule has 0 aliphatic carbocycles. The van der Waals surface area contributed by atoms with Gasteiger partial charge < -0.3 is 9.64 Å². The molecule has 0 radical (unpaired) electrons. The Hall–Kier alpha value is -3.47. The van der Waals surface area contributed by atoms with Gasteiger partial charge in [0.25, 0.3) is 5.91 Å². The van der Waals surface area contributed by atoms with Crippen molar-refractivity contribution < 1.29 is 14.3 Å². The number of pyridine rings is 1. The number of rotatable bonds is 7. The number of aryl methyl sites for hydroxylation is 1. The van der Waals surface area contributed by atoms with Crippen LogP contribution in [0, 0.1) is 0 Å². The fourth-order valence-electron chi connectivity index (χ4n) is 2.99. The number of esters is 1. The smallest absolute Gasteiger partial charge is 0.338 e. The second-order valence-electron chi connectivity index (χ2n) is 6.57. The number of carbonyl (C=O) groups excluding carboxylic acids is 2. The third kappa shape index (κ3) is 5.08. The largest absolute Gasteiger partial charge is 0.462 e. The molecule has 0 bridgehead atoms. The van der Waals surface area contributed by atoms with E-state index in [1.165, 1.54) is 5.56 Å². The Balaban J connectivity index is 1.91. The zero-order chi connectivity index (χ0) is 20.6. The van der Waals surface area contributed by atoms with E-state index in [0.29, 0.717) is 30.0 Å². The van der Waals surface area contributed by atoms with Crippen LogP contribution in [0.15, 0.2) is 73.1 Å². The summed E-state index contributed by atoms with van der Waals surface area (Å²) in [5, 5.41) is 0. The van der Waals surface area contributed by atoms with Crippen LogP contribution in [0.5, 0.6) is 0 Å². The van der Waals surface area contributed by atoms with E-state index in [0.717, 1.165) is 12.0 Å². The number of hydrogen-bond donors (Lipinski definition) is 0. The SMILES string of the molecule is CCOC(=O)c1ccc(N(Cc2cccnc2)C(=O)c2ccc(CC)cc2)cc1. The lowest BCUT2D eigenvalue weighted by molar-refractivity contribution is 0.0526. The minimum Gasteiger partial charge on any atom is -0.462 e. The minimum atomic E-state index is -0.376. The van der Waals surface area contributed by atoms with Gasteiger partial charge in [-0.15, -0.1) is 0 Å². The van der Waals surface area contributed by atoms with Gasteiger partial charge in [0.15, 0.2) is 0 Å². The molecule has 1 aromatic heterocycles. The van der Waals surface area contributed by atoms with Crippen molar-refractivity contribution in [1.82, 2.24) is 4.98 Å². The first kappa shape index (κ1) is 20.3. The molecule has 29 heavy (non-hydrogen) atoms. The highest BCUT2D eigenvalue weighted by atomic mass is 16.5. The van der Waals surface area contributed by atoms with Gasteiger partial charge in [-0.2, -0.15) is 0 Å². The molecule has 0 saturated carbocycles. The number of anilines is 1. The Bertz CT molecular complexity index is 952. The summed E-state index contributed by atoms with van der Waals surface area (Å²) in [6, 6.07) is 18.3. The predicted molar refractivity (Wildman–Crippen MR) is 113 cm³/mol. The van der Waals surface area contributed by atoms with Crippen LogP contribution >= 0.6 is 0 Å². The van der Waals surface area contributed by atoms with Crippen LogP contribution in [-0.2, 0) is 17.7 Å². The molecular weight excluding hydrogens is 364 g/mol. The quantitative estimate of drug-likeness (QED) is 0.552. The summed E-state index contributed by atoms with van der Waals surface area (Å²) in [6.07, 6.45) is 4.36. The summed E-state index contributed by atoms with van der Waals surface area (Å²) in [6.45, 7) is 4.54. The van der Waals surface area contributed by atoms with Crippen LogP contribution in [0.25, 0.3) is 0 Å². The first-order chi connectivity index (χ1) is 14.1. The average Bonchev–Trinajstić information content (AvgIpc) is 2.78. The van der Waals surface area contributed by atoms with E-state index in [1.54, 1.807) is 48.5 Å². The standard InChI is InChI=1S/C24H24N2O3/c1-3-18-7-9-20(10-8-18)23(27)26(17-19-6-5-15-25-16-19)22-13-11-21(12-14-22)24(28)29-4-2/h5-16H,3-4,17H2,1-2H3. The number of hydrogen-bond acceptors (Lipinski definition) is 4. The Morgan fingerprint density at radius 1 is 0.897 bits per heavy atom. The van der Waals surface area contributed by atoms with Gasteiger partial charge in [0.2, 0.25) is 0 Å². The summed E-state index contributed by atoms with van der Waals surface area (Å²) in [4.78, 5) is 31.0. The normalized spacial score (nSPS) is 10.4. The van der Waals surface area contributed by atoms with Gasteiger partial charge in [-0.3, -0.25) is 9.78 Å². The van der Waals surface area contributed by atoms with E-state index in [2.05, 4.69) is 11.9 Å². The molecule has 3 aromatic rings. The molecule has 2 aromatic carbocycles. The van der Waals surface area contributed by atoms with Crippen molar-refractivity contribution in [2.75, 3.05) is 11.5 Å². The molecule has 0 unspecified atom stereocenters. The zero-order valence-corrected chi connectivity index (χ0v) is 16.7. The number of aromatic nitrogens is 1. The molecule has 0 atom stereocenters. The lowest BCUT2D eigenvalue weighted by atomic mass is 10.1. The number of nitrogens with zero attached hydrogens (tertiary/aromatic N) is 2. The zero-order valence-electron chi connectivity index (χ0n) is 16.7. The van der Waals surface area contributed by atoms with Crippen LogP contribution in [0.2, 0.25) is 0 Å². The van der Waals surface area contributed by atoms with Crippen LogP contribution in [0.4, 0.5) is 5.69 Å². The summed E-state index contributed by atoms with van der Waals surface area (Å²) in [7, 11) is 0. The summed E-state index contributed by atoms with van der Waals surface area (Å²) in [5.74, 6) is -0.486. The molecule has 3 rings (SSSR count). The number of ether oxygens (including phenoxy) is 1. The van der Waals surface area contributed by atoms with E-state index in [9.17, 15) is 9.59 Å². The molecule has 0 spiro atoms. The Morgan fingerprint density at radius 2 is 1.59 bits per heavy atom. The predicted octanol–water partition coefficient (Wildman–Crippen LogP) is 4.67. The highest BCUT2D eigenvalue weighted by molar-refractivity contribution is 6.06. The van der Waals surface area contributed by atoms with Crippen LogP contribution < -0.4 is 4.90 Å². The highest BCUT2D eigenvalue weighted by Crippen LogP contribution is 2.22. The maximum absolute atomic E-state index is 13.3. The fraction of sp³-hybridized carbons (Fsp3) is 0.208. The van der Waals surface area contributed by atoms with E-state index in [-0.39, 0.29) is 11.9 Å². The molecule has 5 nitrogen and oxygen atoms in total. The minimum absolute atomic E-state index is 0.111. The summed E-state index contributed by atoms with van der Waals surface area (Å²) in [5.41, 5.74) is 3.86. The van der Waals surface area contributed by atoms with Crippen molar-refractivity contribution in [3.8, 4) is 0 Å². The van der Waals surface area contributed by atoms with Crippen molar-refractivity contribution in [1.29, 1.82) is 0 Å². The fourth-order valence-corrected chi connectivity index (χ4v) is 2.99. The number of amides is 1. The van der Waals surface area contributed by atoms with Crippen LogP contribution in [-0.4, -0.2) is 23.5 Å². The molecule has 148 valence electrons. The first-order valence-electron chi connectivity index (χ1n) is 9.69. The first-order valence-corrected chi connectivity index (χ1v) is 9.69. The summed E-state index contributed by atoms with van der Waals surface area (Å²) >= 11 is 0. The molecule has 0 aliphatic heterocycles. The molecule has 0 aliphatic rings. The maximum Gasteiger partial charge on any atom is 0.338 e. The van der Waals surface area contributed by atoms with Gasteiger partial charge in [0, 0.05) is 23.6 Å². The number of benzene rings is 2. The molecule has 0 fully saturated rings. The maximum atomic E-state index is 13.3. The molecule has 1 amide bonds. The van der Waals surface area contributed by atoms with Crippen LogP contribution in [0.3, 0.4) is 0 Å². The second-order valence-corrected chi connectivity index (χ2v) is 6.57. The Labute approximate surface area is 171 Å². The van der Waals surface area contributed by atoms with Gasteiger partial charge in [0.05, 0.1) is 18.7 Å². The van der Waals surface area contributed by atoms with E-state index in [1.807, 2.05) is 36.4 Å². The molecule has 0 N–H and O–H groups in total. The summed E-state index contributed by atoms with van der Waals surface area (Å²) < 4.78 is 5.03. The van der Waals surface area contributed by atoms with Crippen molar-refractivity contribution >= 4 is 17.6 Å². The van der Waals surface area contributed by atoms with Gasteiger partial charge in [-0.25, -0.2) is 4.79 Å². The molecule has 0 saturated heterocycles. The van der Waals surface area contributed by atoms with Gasteiger partial charge >= 0.3 is 5.97 Å². The van der Waals surface area contributed by atoms with Gasteiger partial charge in [-0.1, -0.05) is 25.1 Å². The average molecular weight is 388 g/mol. The lowest BCUT2D eigenvalue weighted by Gasteiger charge is -2.23. The van der Waals surface area contributed by atoms with Crippen LogP contribution in [0.1, 0.15) is 45.7 Å². The third-order valence-electron chi connectivity index (χ3n) is 4.61. The van der Waals surface area contributed by atoms with E-state index < -0.39 is 0 Å². The number of carbonyl (C=O) groups is 2. The Kier molecular flexibility index (Phi) is 6.74. The third-order valence-corrected chi connectivity index (χ3v) is 4.61. The van der Waals surface area contributed by atoms with E-state index >= 15 is 0 Å². The van der Waals surface area contributed by atoms with E-state index in [4.69, 9.17) is 4.74 Å². The Morgan fingerprint density at radius 3 is 2.17 bits per heavy atom.